The second-order valence-electron chi connectivity index (χ2n) is 5.82. The molecular weight excluding hydrogens is 254 g/mol. The minimum absolute atomic E-state index is 0.206. The van der Waals surface area contributed by atoms with Gasteiger partial charge in [0.2, 0.25) is 0 Å². The molecule has 0 fully saturated rings. The summed E-state index contributed by atoms with van der Waals surface area (Å²) < 4.78 is 10.8. The van der Waals surface area contributed by atoms with Gasteiger partial charge in [-0.25, -0.2) is 4.79 Å². The summed E-state index contributed by atoms with van der Waals surface area (Å²) in [7, 11) is 0. The molecule has 4 nitrogen and oxygen atoms in total. The van der Waals surface area contributed by atoms with E-state index in [4.69, 9.17) is 9.47 Å². The summed E-state index contributed by atoms with van der Waals surface area (Å²) in [4.78, 5) is 12.0. The van der Waals surface area contributed by atoms with E-state index in [0.29, 0.717) is 19.8 Å². The van der Waals surface area contributed by atoms with E-state index >= 15 is 0 Å². The third-order valence-electron chi connectivity index (χ3n) is 3.12. The number of nitrogens with one attached hydrogen (secondary N) is 1. The quantitative estimate of drug-likeness (QED) is 0.442. The molecule has 0 radical (unpaired) electrons. The molecule has 0 aromatic carbocycles. The molecule has 0 amide bonds. The van der Waals surface area contributed by atoms with Crippen LogP contribution in [-0.4, -0.2) is 37.4 Å². The number of carbonyl (C=O) groups is 1. The van der Waals surface area contributed by atoms with Crippen LogP contribution in [0.5, 0.6) is 0 Å². The molecule has 120 valence electrons. The molecule has 0 aromatic heterocycles. The van der Waals surface area contributed by atoms with Gasteiger partial charge in [-0.1, -0.05) is 32.6 Å². The Morgan fingerprint density at radius 1 is 1.15 bits per heavy atom. The summed E-state index contributed by atoms with van der Waals surface area (Å²) in [5, 5.41) is 3.25. The predicted molar refractivity (Wildman–Crippen MR) is 82.9 cm³/mol. The lowest BCUT2D eigenvalue weighted by atomic mass is 10.0. The summed E-state index contributed by atoms with van der Waals surface area (Å²) in [5.74, 6) is -0.236. The van der Waals surface area contributed by atoms with Crippen LogP contribution in [0.1, 0.15) is 66.7 Å². The van der Waals surface area contributed by atoms with Crippen molar-refractivity contribution in [1.29, 1.82) is 0 Å². The lowest BCUT2D eigenvalue weighted by molar-refractivity contribution is -0.153. The van der Waals surface area contributed by atoms with Crippen molar-refractivity contribution in [2.45, 2.75) is 78.3 Å². The molecule has 0 heterocycles. The summed E-state index contributed by atoms with van der Waals surface area (Å²) in [6.07, 6.45) is 6.05. The SMILES string of the molecule is CCCCCCCOCC(C)(NC(C)C)C(=O)OCC. The Labute approximate surface area is 124 Å². The summed E-state index contributed by atoms with van der Waals surface area (Å²) in [6.45, 7) is 11.4. The molecule has 0 aliphatic heterocycles. The molecule has 0 aliphatic carbocycles. The second kappa shape index (κ2) is 11.1. The number of ether oxygens (including phenoxy) is 2. The van der Waals surface area contributed by atoms with Crippen LogP contribution in [0, 0.1) is 0 Å². The van der Waals surface area contributed by atoms with Gasteiger partial charge in [-0.05, 0) is 34.1 Å². The number of carbonyl (C=O) groups excluding carboxylic acids is 1. The number of rotatable bonds is 12. The van der Waals surface area contributed by atoms with Crippen LogP contribution in [0.15, 0.2) is 0 Å². The highest BCUT2D eigenvalue weighted by Crippen LogP contribution is 2.10. The van der Waals surface area contributed by atoms with Crippen molar-refractivity contribution < 1.29 is 14.3 Å². The summed E-state index contributed by atoms with van der Waals surface area (Å²) in [6, 6.07) is 0.206. The molecular formula is C16H33NO3. The number of hydrogen-bond donors (Lipinski definition) is 1. The van der Waals surface area contributed by atoms with Crippen molar-refractivity contribution in [3.05, 3.63) is 0 Å². The molecule has 0 aromatic rings. The molecule has 1 atom stereocenters. The average Bonchev–Trinajstić information content (AvgIpc) is 2.37. The van der Waals surface area contributed by atoms with Crippen molar-refractivity contribution in [3.63, 3.8) is 0 Å². The minimum Gasteiger partial charge on any atom is -0.465 e. The molecule has 0 rings (SSSR count). The largest absolute Gasteiger partial charge is 0.465 e. The Kier molecular flexibility index (Phi) is 10.8. The minimum atomic E-state index is -0.756. The van der Waals surface area contributed by atoms with Gasteiger partial charge in [0.25, 0.3) is 0 Å². The first-order valence-electron chi connectivity index (χ1n) is 7.99. The van der Waals surface area contributed by atoms with Crippen molar-refractivity contribution in [3.8, 4) is 0 Å². The van der Waals surface area contributed by atoms with E-state index in [9.17, 15) is 4.79 Å². The van der Waals surface area contributed by atoms with Gasteiger partial charge in [-0.2, -0.15) is 0 Å². The smallest absolute Gasteiger partial charge is 0.328 e. The van der Waals surface area contributed by atoms with Crippen LogP contribution in [0.25, 0.3) is 0 Å². The van der Waals surface area contributed by atoms with E-state index in [1.807, 2.05) is 27.7 Å². The fourth-order valence-corrected chi connectivity index (χ4v) is 2.17. The molecule has 0 bridgehead atoms. The summed E-state index contributed by atoms with van der Waals surface area (Å²) in [5.41, 5.74) is -0.756. The fourth-order valence-electron chi connectivity index (χ4n) is 2.17. The van der Waals surface area contributed by atoms with Gasteiger partial charge in [0.05, 0.1) is 13.2 Å². The Hall–Kier alpha value is -0.610. The first-order valence-corrected chi connectivity index (χ1v) is 7.99. The first kappa shape index (κ1) is 19.4. The zero-order valence-corrected chi connectivity index (χ0v) is 14.0. The fraction of sp³-hybridized carbons (Fsp3) is 0.938. The van der Waals surface area contributed by atoms with Gasteiger partial charge in [-0.15, -0.1) is 0 Å². The molecule has 4 heteroatoms. The molecule has 0 aliphatic rings. The van der Waals surface area contributed by atoms with E-state index in [-0.39, 0.29) is 12.0 Å². The zero-order chi connectivity index (χ0) is 15.4. The van der Waals surface area contributed by atoms with E-state index in [1.54, 1.807) is 0 Å². The van der Waals surface area contributed by atoms with E-state index in [0.717, 1.165) is 6.42 Å². The Balaban J connectivity index is 4.07. The van der Waals surface area contributed by atoms with E-state index < -0.39 is 5.54 Å². The van der Waals surface area contributed by atoms with Crippen LogP contribution >= 0.6 is 0 Å². The Morgan fingerprint density at radius 3 is 2.35 bits per heavy atom. The third-order valence-corrected chi connectivity index (χ3v) is 3.12. The van der Waals surface area contributed by atoms with Crippen LogP contribution in [-0.2, 0) is 14.3 Å². The van der Waals surface area contributed by atoms with E-state index in [1.165, 1.54) is 25.7 Å². The molecule has 20 heavy (non-hydrogen) atoms. The van der Waals surface area contributed by atoms with Gasteiger partial charge >= 0.3 is 5.97 Å². The van der Waals surface area contributed by atoms with Crippen LogP contribution in [0.4, 0.5) is 0 Å². The second-order valence-corrected chi connectivity index (χ2v) is 5.82. The third kappa shape index (κ3) is 8.54. The highest BCUT2D eigenvalue weighted by atomic mass is 16.5. The topological polar surface area (TPSA) is 47.6 Å². The molecule has 0 saturated carbocycles. The van der Waals surface area contributed by atoms with Crippen molar-refractivity contribution in [2.24, 2.45) is 0 Å². The monoisotopic (exact) mass is 287 g/mol. The highest BCUT2D eigenvalue weighted by molar-refractivity contribution is 5.80. The first-order chi connectivity index (χ1) is 9.46. The molecule has 0 spiro atoms. The van der Waals surface area contributed by atoms with Crippen molar-refractivity contribution in [1.82, 2.24) is 5.32 Å². The normalized spacial score (nSPS) is 14.3. The maximum atomic E-state index is 12.0. The number of hydrogen-bond acceptors (Lipinski definition) is 4. The van der Waals surface area contributed by atoms with Gasteiger partial charge in [0.15, 0.2) is 0 Å². The molecule has 1 N–H and O–H groups in total. The Morgan fingerprint density at radius 2 is 1.80 bits per heavy atom. The number of unbranched alkanes of at least 4 members (excludes halogenated alkanes) is 4. The maximum Gasteiger partial charge on any atom is 0.328 e. The lowest BCUT2D eigenvalue weighted by Crippen LogP contribution is -2.56. The van der Waals surface area contributed by atoms with Crippen molar-refractivity contribution in [2.75, 3.05) is 19.8 Å². The average molecular weight is 287 g/mol. The maximum absolute atomic E-state index is 12.0. The van der Waals surface area contributed by atoms with Gasteiger partial charge in [-0.3, -0.25) is 5.32 Å². The lowest BCUT2D eigenvalue weighted by Gasteiger charge is -2.30. The van der Waals surface area contributed by atoms with Gasteiger partial charge < -0.3 is 9.47 Å². The summed E-state index contributed by atoms with van der Waals surface area (Å²) >= 11 is 0. The van der Waals surface area contributed by atoms with Crippen molar-refractivity contribution >= 4 is 5.97 Å². The van der Waals surface area contributed by atoms with Crippen LogP contribution in [0.2, 0.25) is 0 Å². The zero-order valence-electron chi connectivity index (χ0n) is 14.0. The predicted octanol–water partition coefficient (Wildman–Crippen LogP) is 3.29. The Bertz CT molecular complexity index is 256. The standard InChI is InChI=1S/C16H33NO3/c1-6-8-9-10-11-12-19-13-16(5,17-14(3)4)15(18)20-7-2/h14,17H,6-13H2,1-5H3. The number of esters is 1. The highest BCUT2D eigenvalue weighted by Gasteiger charge is 2.35. The van der Waals surface area contributed by atoms with E-state index in [2.05, 4.69) is 12.2 Å². The van der Waals surface area contributed by atoms with Gasteiger partial charge in [0, 0.05) is 12.6 Å². The molecule has 0 saturated heterocycles. The molecule has 1 unspecified atom stereocenters. The van der Waals surface area contributed by atoms with Crippen LogP contribution < -0.4 is 5.32 Å². The van der Waals surface area contributed by atoms with Gasteiger partial charge in [0.1, 0.15) is 5.54 Å². The van der Waals surface area contributed by atoms with Crippen LogP contribution in [0.3, 0.4) is 0 Å².